The molecular weight excluding hydrogens is 236 g/mol. The van der Waals surface area contributed by atoms with Gasteiger partial charge in [-0.2, -0.15) is 5.10 Å². The number of aromatic nitrogens is 3. The van der Waals surface area contributed by atoms with Crippen molar-refractivity contribution in [3.8, 4) is 0 Å². The first-order valence-corrected chi connectivity index (χ1v) is 5.06. The van der Waals surface area contributed by atoms with Crippen molar-refractivity contribution in [1.82, 2.24) is 14.8 Å². The molecule has 2 rings (SSSR count). The molecule has 2 aromatic rings. The first-order chi connectivity index (χ1) is 8.58. The molecule has 0 aliphatic rings. The maximum Gasteiger partial charge on any atom is 0.354 e. The van der Waals surface area contributed by atoms with Crippen LogP contribution in [-0.4, -0.2) is 31.7 Å². The van der Waals surface area contributed by atoms with Crippen LogP contribution in [-0.2, 0) is 7.05 Å². The van der Waals surface area contributed by atoms with Crippen LogP contribution in [0.2, 0.25) is 0 Å². The van der Waals surface area contributed by atoms with Gasteiger partial charge in [0.2, 0.25) is 0 Å². The van der Waals surface area contributed by atoms with Crippen LogP contribution in [0.1, 0.15) is 20.8 Å². The quantitative estimate of drug-likeness (QED) is 0.833. The molecule has 2 aromatic heterocycles. The van der Waals surface area contributed by atoms with E-state index in [1.807, 2.05) is 0 Å². The molecule has 0 radical (unpaired) electrons. The van der Waals surface area contributed by atoms with Crippen LogP contribution in [0.4, 0.5) is 5.82 Å². The molecule has 0 saturated heterocycles. The molecule has 7 heteroatoms. The molecule has 0 bridgehead atoms. The number of nitrogens with one attached hydrogen (secondary N) is 1. The molecule has 0 saturated carbocycles. The van der Waals surface area contributed by atoms with Crippen molar-refractivity contribution in [2.75, 3.05) is 5.32 Å². The van der Waals surface area contributed by atoms with Gasteiger partial charge in [-0.05, 0) is 12.1 Å². The molecule has 0 unspecified atom stereocenters. The van der Waals surface area contributed by atoms with Gasteiger partial charge in [-0.15, -0.1) is 0 Å². The molecule has 0 fully saturated rings. The SMILES string of the molecule is Cn1nccc1NC(=O)c1ccnc(C(=O)O)c1. The summed E-state index contributed by atoms with van der Waals surface area (Å²) in [4.78, 5) is 26.2. The Balaban J connectivity index is 2.21. The van der Waals surface area contributed by atoms with Crippen molar-refractivity contribution < 1.29 is 14.7 Å². The smallest absolute Gasteiger partial charge is 0.354 e. The van der Waals surface area contributed by atoms with Gasteiger partial charge >= 0.3 is 5.97 Å². The summed E-state index contributed by atoms with van der Waals surface area (Å²) >= 11 is 0. The number of carbonyl (C=O) groups excluding carboxylic acids is 1. The van der Waals surface area contributed by atoms with E-state index in [4.69, 9.17) is 5.11 Å². The Labute approximate surface area is 102 Å². The number of amides is 1. The summed E-state index contributed by atoms with van der Waals surface area (Å²) < 4.78 is 1.50. The summed E-state index contributed by atoms with van der Waals surface area (Å²) in [6, 6.07) is 4.30. The number of hydrogen-bond acceptors (Lipinski definition) is 4. The third-order valence-corrected chi connectivity index (χ3v) is 2.30. The van der Waals surface area contributed by atoms with E-state index < -0.39 is 11.9 Å². The number of rotatable bonds is 3. The Hall–Kier alpha value is -2.70. The number of aromatic carboxylic acids is 1. The molecule has 18 heavy (non-hydrogen) atoms. The van der Waals surface area contributed by atoms with E-state index in [0.29, 0.717) is 5.82 Å². The topological polar surface area (TPSA) is 97.1 Å². The molecule has 7 nitrogen and oxygen atoms in total. The van der Waals surface area contributed by atoms with E-state index in [-0.39, 0.29) is 11.3 Å². The highest BCUT2D eigenvalue weighted by atomic mass is 16.4. The van der Waals surface area contributed by atoms with Gasteiger partial charge in [0.15, 0.2) is 0 Å². The highest BCUT2D eigenvalue weighted by Gasteiger charge is 2.11. The van der Waals surface area contributed by atoms with Crippen LogP contribution in [0.15, 0.2) is 30.6 Å². The lowest BCUT2D eigenvalue weighted by molar-refractivity contribution is 0.0690. The number of aryl methyl sites for hydroxylation is 1. The van der Waals surface area contributed by atoms with Crippen molar-refractivity contribution in [3.63, 3.8) is 0 Å². The van der Waals surface area contributed by atoms with Gasteiger partial charge in [-0.25, -0.2) is 9.78 Å². The number of carboxylic acids is 1. The summed E-state index contributed by atoms with van der Waals surface area (Å²) in [5.41, 5.74) is 0.0521. The van der Waals surface area contributed by atoms with Crippen molar-refractivity contribution in [3.05, 3.63) is 41.9 Å². The van der Waals surface area contributed by atoms with Crippen LogP contribution in [0.5, 0.6) is 0 Å². The van der Waals surface area contributed by atoms with Crippen molar-refractivity contribution in [2.45, 2.75) is 0 Å². The summed E-state index contributed by atoms with van der Waals surface area (Å²) in [5, 5.41) is 15.3. The zero-order valence-electron chi connectivity index (χ0n) is 9.49. The predicted octanol–water partition coefficient (Wildman–Crippen LogP) is 0.766. The normalized spacial score (nSPS) is 10.1. The van der Waals surface area contributed by atoms with E-state index in [1.54, 1.807) is 19.3 Å². The second-order valence-corrected chi connectivity index (χ2v) is 3.53. The Morgan fingerprint density at radius 1 is 1.33 bits per heavy atom. The summed E-state index contributed by atoms with van der Waals surface area (Å²) in [5.74, 6) is -1.07. The second kappa shape index (κ2) is 4.66. The Morgan fingerprint density at radius 3 is 2.72 bits per heavy atom. The van der Waals surface area contributed by atoms with E-state index in [1.165, 1.54) is 23.0 Å². The van der Waals surface area contributed by atoms with Gasteiger partial charge in [-0.3, -0.25) is 9.48 Å². The van der Waals surface area contributed by atoms with Gasteiger partial charge in [0.25, 0.3) is 5.91 Å². The number of anilines is 1. The van der Waals surface area contributed by atoms with E-state index in [2.05, 4.69) is 15.4 Å². The summed E-state index contributed by atoms with van der Waals surface area (Å²) in [7, 11) is 1.69. The number of carbonyl (C=O) groups is 2. The third kappa shape index (κ3) is 2.34. The lowest BCUT2D eigenvalue weighted by atomic mass is 10.2. The van der Waals surface area contributed by atoms with Crippen molar-refractivity contribution >= 4 is 17.7 Å². The number of carboxylic acid groups (broad SMARTS) is 1. The average Bonchev–Trinajstić information content (AvgIpc) is 2.75. The minimum absolute atomic E-state index is 0.173. The van der Waals surface area contributed by atoms with Gasteiger partial charge in [0, 0.05) is 24.9 Å². The zero-order chi connectivity index (χ0) is 13.1. The van der Waals surface area contributed by atoms with Crippen molar-refractivity contribution in [2.24, 2.45) is 7.05 Å². The standard InChI is InChI=1S/C11H10N4O3/c1-15-9(3-5-13-15)14-10(16)7-2-4-12-8(6-7)11(17)18/h2-6H,1H3,(H,14,16)(H,17,18). The molecule has 2 N–H and O–H groups in total. The first kappa shape index (κ1) is 11.8. The maximum atomic E-state index is 11.9. The zero-order valence-corrected chi connectivity index (χ0v) is 9.49. The lowest BCUT2D eigenvalue weighted by Gasteiger charge is -2.05. The lowest BCUT2D eigenvalue weighted by Crippen LogP contribution is -2.15. The fourth-order valence-corrected chi connectivity index (χ4v) is 1.37. The molecule has 92 valence electrons. The molecule has 2 heterocycles. The van der Waals surface area contributed by atoms with Crippen LogP contribution in [0, 0.1) is 0 Å². The fraction of sp³-hybridized carbons (Fsp3) is 0.0909. The molecule has 0 aliphatic carbocycles. The molecule has 0 atom stereocenters. The first-order valence-electron chi connectivity index (χ1n) is 5.06. The van der Waals surface area contributed by atoms with E-state index in [9.17, 15) is 9.59 Å². The second-order valence-electron chi connectivity index (χ2n) is 3.53. The van der Waals surface area contributed by atoms with Crippen LogP contribution >= 0.6 is 0 Å². The highest BCUT2D eigenvalue weighted by Crippen LogP contribution is 2.08. The van der Waals surface area contributed by atoms with Crippen LogP contribution < -0.4 is 5.32 Å². The molecule has 0 spiro atoms. The monoisotopic (exact) mass is 246 g/mol. The highest BCUT2D eigenvalue weighted by molar-refractivity contribution is 6.04. The van der Waals surface area contributed by atoms with Gasteiger partial charge < -0.3 is 10.4 Å². The maximum absolute atomic E-state index is 11.9. The molecular formula is C11H10N4O3. The fourth-order valence-electron chi connectivity index (χ4n) is 1.37. The van der Waals surface area contributed by atoms with Crippen LogP contribution in [0.3, 0.4) is 0 Å². The Morgan fingerprint density at radius 2 is 2.11 bits per heavy atom. The van der Waals surface area contributed by atoms with Crippen LogP contribution in [0.25, 0.3) is 0 Å². The Bertz CT molecular complexity index is 606. The average molecular weight is 246 g/mol. The number of hydrogen-bond donors (Lipinski definition) is 2. The van der Waals surface area contributed by atoms with Crippen molar-refractivity contribution in [1.29, 1.82) is 0 Å². The van der Waals surface area contributed by atoms with Gasteiger partial charge in [-0.1, -0.05) is 0 Å². The predicted molar refractivity (Wildman–Crippen MR) is 62.4 cm³/mol. The largest absolute Gasteiger partial charge is 0.477 e. The van der Waals surface area contributed by atoms with Gasteiger partial charge in [0.1, 0.15) is 11.5 Å². The van der Waals surface area contributed by atoms with Gasteiger partial charge in [0.05, 0.1) is 6.20 Å². The van der Waals surface area contributed by atoms with E-state index >= 15 is 0 Å². The minimum Gasteiger partial charge on any atom is -0.477 e. The van der Waals surface area contributed by atoms with E-state index in [0.717, 1.165) is 0 Å². The molecule has 0 aliphatic heterocycles. The Kier molecular flexibility index (Phi) is 3.05. The number of nitrogens with zero attached hydrogens (tertiary/aromatic N) is 3. The number of pyridine rings is 1. The third-order valence-electron chi connectivity index (χ3n) is 2.30. The summed E-state index contributed by atoms with van der Waals surface area (Å²) in [6.45, 7) is 0. The minimum atomic E-state index is -1.18. The molecule has 0 aromatic carbocycles. The molecule has 1 amide bonds. The summed E-state index contributed by atoms with van der Waals surface area (Å²) in [6.07, 6.45) is 2.83.